The van der Waals surface area contributed by atoms with Crippen LogP contribution < -0.4 is 10.2 Å². The van der Waals surface area contributed by atoms with Crippen LogP contribution in [0, 0.1) is 5.41 Å². The first-order chi connectivity index (χ1) is 19.0. The van der Waals surface area contributed by atoms with Gasteiger partial charge in [-0.25, -0.2) is 14.6 Å². The zero-order valence-electron chi connectivity index (χ0n) is 23.6. The van der Waals surface area contributed by atoms with Gasteiger partial charge in [0.25, 0.3) is 0 Å². The van der Waals surface area contributed by atoms with Crippen LogP contribution in [0.15, 0.2) is 30.6 Å². The Labute approximate surface area is 245 Å². The highest BCUT2D eigenvalue weighted by atomic mass is 35.5. The first-order valence-electron chi connectivity index (χ1n) is 13.5. The van der Waals surface area contributed by atoms with E-state index in [0.29, 0.717) is 28.8 Å². The fourth-order valence-electron chi connectivity index (χ4n) is 4.08. The number of carbonyl (C=O) groups excluding carboxylic acids is 1. The molecule has 4 heterocycles. The Morgan fingerprint density at radius 3 is 2.23 bits per heavy atom. The van der Waals surface area contributed by atoms with Crippen molar-refractivity contribution in [3.8, 4) is 0 Å². The lowest BCUT2D eigenvalue weighted by Gasteiger charge is -2.33. The summed E-state index contributed by atoms with van der Waals surface area (Å²) < 4.78 is 1.82. The number of fused-ring (bicyclic) bond motifs is 1. The van der Waals surface area contributed by atoms with Crippen molar-refractivity contribution in [2.45, 2.75) is 53.0 Å². The molecule has 2 aliphatic rings. The maximum atomic E-state index is 10.9. The van der Waals surface area contributed by atoms with Crippen LogP contribution in [-0.2, 0) is 9.59 Å². The first-order valence-corrected chi connectivity index (χ1v) is 14.3. The van der Waals surface area contributed by atoms with Crippen LogP contribution in [0.25, 0.3) is 11.2 Å². The average molecular weight is 593 g/mol. The summed E-state index contributed by atoms with van der Waals surface area (Å²) in [6.07, 6.45) is 8.56. The Hall–Kier alpha value is -2.95. The third-order valence-electron chi connectivity index (χ3n) is 6.71. The average Bonchev–Trinajstić information content (AvgIpc) is 3.37. The quantitative estimate of drug-likeness (QED) is 0.411. The number of amides is 1. The van der Waals surface area contributed by atoms with Crippen LogP contribution in [0.1, 0.15) is 58.6 Å². The highest BCUT2D eigenvalue weighted by Gasteiger charge is 2.21. The first kappa shape index (κ1) is 31.6. The lowest BCUT2D eigenvalue weighted by molar-refractivity contribution is -0.145. The van der Waals surface area contributed by atoms with Crippen molar-refractivity contribution in [3.63, 3.8) is 0 Å². The number of halogens is 2. The van der Waals surface area contributed by atoms with E-state index in [0.717, 1.165) is 36.4 Å². The smallest absolute Gasteiger partial charge is 0.308 e. The summed E-state index contributed by atoms with van der Waals surface area (Å²) >= 11 is 12.4. The standard InChI is InChI=1S/C18H18Cl2N6O.C5H11N.C5H10O2/c1-12(14-3-2-13(19)8-15(14)20)26-18-16(9-22-26)21-10-17(23-18)25-6-4-24(11-27)5-7-25;1-2-4-6-5-3-1;1-5(2,3)4(6)7/h2-3,8-12H,4-7H2,1H3;6H,1-5H2;1-3H3,(H,6,7)/t12-;;/m1../s1. The molecule has 218 valence electrons. The van der Waals surface area contributed by atoms with Crippen LogP contribution in [0.2, 0.25) is 10.0 Å². The van der Waals surface area contributed by atoms with Gasteiger partial charge in [0, 0.05) is 36.2 Å². The van der Waals surface area contributed by atoms with Crippen LogP contribution in [0.3, 0.4) is 0 Å². The van der Waals surface area contributed by atoms with Crippen molar-refractivity contribution in [1.29, 1.82) is 0 Å². The molecule has 0 radical (unpaired) electrons. The second-order valence-electron chi connectivity index (χ2n) is 10.9. The predicted octanol–water partition coefficient (Wildman–Crippen LogP) is 4.90. The summed E-state index contributed by atoms with van der Waals surface area (Å²) in [6.45, 7) is 12.3. The van der Waals surface area contributed by atoms with Gasteiger partial charge in [-0.3, -0.25) is 9.59 Å². The number of benzene rings is 1. The number of piperidine rings is 1. The molecule has 2 N–H and O–H groups in total. The maximum absolute atomic E-state index is 10.9. The van der Waals surface area contributed by atoms with E-state index in [4.69, 9.17) is 33.3 Å². The molecule has 40 heavy (non-hydrogen) atoms. The van der Waals surface area contributed by atoms with Gasteiger partial charge in [0.05, 0.1) is 23.9 Å². The highest BCUT2D eigenvalue weighted by molar-refractivity contribution is 6.35. The molecule has 0 spiro atoms. The Balaban J connectivity index is 0.000000280. The second kappa shape index (κ2) is 14.6. The molecule has 5 rings (SSSR count). The number of aromatic nitrogens is 4. The Morgan fingerprint density at radius 1 is 1.07 bits per heavy atom. The molecule has 2 aromatic heterocycles. The van der Waals surface area contributed by atoms with Crippen LogP contribution in [0.4, 0.5) is 5.82 Å². The number of rotatable bonds is 4. The van der Waals surface area contributed by atoms with E-state index < -0.39 is 11.4 Å². The number of carboxylic acid groups (broad SMARTS) is 1. The van der Waals surface area contributed by atoms with Gasteiger partial charge >= 0.3 is 5.97 Å². The second-order valence-corrected chi connectivity index (χ2v) is 11.7. The lowest BCUT2D eigenvalue weighted by Crippen LogP contribution is -2.46. The van der Waals surface area contributed by atoms with Crippen molar-refractivity contribution < 1.29 is 14.7 Å². The summed E-state index contributed by atoms with van der Waals surface area (Å²) in [4.78, 5) is 34.1. The predicted molar refractivity (Wildman–Crippen MR) is 159 cm³/mol. The third kappa shape index (κ3) is 8.78. The van der Waals surface area contributed by atoms with Crippen molar-refractivity contribution in [2.24, 2.45) is 5.41 Å². The van der Waals surface area contributed by atoms with E-state index >= 15 is 0 Å². The molecule has 1 aromatic carbocycles. The fraction of sp³-hybridized carbons (Fsp3) is 0.536. The van der Waals surface area contributed by atoms with Gasteiger partial charge in [-0.15, -0.1) is 0 Å². The number of carboxylic acids is 1. The third-order valence-corrected chi connectivity index (χ3v) is 7.27. The van der Waals surface area contributed by atoms with Crippen LogP contribution >= 0.6 is 23.2 Å². The van der Waals surface area contributed by atoms with Gasteiger partial charge in [0.1, 0.15) is 11.3 Å². The van der Waals surface area contributed by atoms with E-state index in [1.165, 1.54) is 32.4 Å². The Kier molecular flexibility index (Phi) is 11.5. The summed E-state index contributed by atoms with van der Waals surface area (Å²) in [5.41, 5.74) is 1.75. The van der Waals surface area contributed by atoms with Crippen molar-refractivity contribution in [3.05, 3.63) is 46.2 Å². The topological polar surface area (TPSA) is 116 Å². The SMILES string of the molecule is C1CCNCC1.CC(C)(C)C(=O)O.C[C@H](c1ccc(Cl)cc1Cl)n1ncc2ncc(N3CCN(C=O)CC3)nc21. The van der Waals surface area contributed by atoms with Crippen molar-refractivity contribution in [2.75, 3.05) is 44.2 Å². The molecule has 0 saturated carbocycles. The van der Waals surface area contributed by atoms with E-state index in [1.807, 2.05) is 23.7 Å². The lowest BCUT2D eigenvalue weighted by atomic mass is 9.98. The zero-order chi connectivity index (χ0) is 29.3. The fourth-order valence-corrected chi connectivity index (χ4v) is 4.64. The molecule has 2 fully saturated rings. The van der Waals surface area contributed by atoms with Gasteiger partial charge in [0.15, 0.2) is 5.65 Å². The molecule has 3 aromatic rings. The molecule has 10 nitrogen and oxygen atoms in total. The van der Waals surface area contributed by atoms with Gasteiger partial charge in [-0.05, 0) is 71.3 Å². The highest BCUT2D eigenvalue weighted by Crippen LogP contribution is 2.30. The Bertz CT molecular complexity index is 1260. The molecular formula is C28H39Cl2N7O3. The molecule has 0 bridgehead atoms. The minimum absolute atomic E-state index is 0.122. The largest absolute Gasteiger partial charge is 0.481 e. The summed E-state index contributed by atoms with van der Waals surface area (Å²) in [5, 5.41) is 17.2. The van der Waals surface area contributed by atoms with Gasteiger partial charge < -0.3 is 20.2 Å². The van der Waals surface area contributed by atoms with Gasteiger partial charge in [0.2, 0.25) is 6.41 Å². The molecule has 2 aliphatic heterocycles. The number of nitrogens with zero attached hydrogens (tertiary/aromatic N) is 6. The molecular weight excluding hydrogens is 553 g/mol. The molecule has 1 amide bonds. The molecule has 1 atom stereocenters. The zero-order valence-corrected chi connectivity index (χ0v) is 25.1. The monoisotopic (exact) mass is 591 g/mol. The molecule has 2 saturated heterocycles. The number of piperazine rings is 1. The van der Waals surface area contributed by atoms with Gasteiger partial charge in [-0.2, -0.15) is 5.10 Å². The molecule has 12 heteroatoms. The summed E-state index contributed by atoms with van der Waals surface area (Å²) in [7, 11) is 0. The number of hydrogen-bond acceptors (Lipinski definition) is 7. The van der Waals surface area contributed by atoms with E-state index in [-0.39, 0.29) is 6.04 Å². The maximum Gasteiger partial charge on any atom is 0.308 e. The minimum Gasteiger partial charge on any atom is -0.481 e. The van der Waals surface area contributed by atoms with E-state index in [9.17, 15) is 9.59 Å². The van der Waals surface area contributed by atoms with E-state index in [1.54, 1.807) is 44.1 Å². The van der Waals surface area contributed by atoms with Crippen LogP contribution in [0.5, 0.6) is 0 Å². The number of hydrogen-bond donors (Lipinski definition) is 2. The normalized spacial score (nSPS) is 16.4. The number of carbonyl (C=O) groups is 2. The number of nitrogens with one attached hydrogen (secondary N) is 1. The molecule has 0 unspecified atom stereocenters. The number of aliphatic carboxylic acids is 1. The van der Waals surface area contributed by atoms with Crippen molar-refractivity contribution >= 4 is 52.6 Å². The van der Waals surface area contributed by atoms with Crippen LogP contribution in [-0.4, -0.2) is 81.4 Å². The van der Waals surface area contributed by atoms with Crippen molar-refractivity contribution in [1.82, 2.24) is 30.0 Å². The summed E-state index contributed by atoms with van der Waals surface area (Å²) in [5.74, 6) is 0.0247. The summed E-state index contributed by atoms with van der Waals surface area (Å²) in [6, 6.07) is 5.32. The minimum atomic E-state index is -0.757. The Morgan fingerprint density at radius 2 is 1.73 bits per heavy atom. The number of anilines is 1. The van der Waals surface area contributed by atoms with Gasteiger partial charge in [-0.1, -0.05) is 35.7 Å². The molecule has 0 aliphatic carbocycles. The van der Waals surface area contributed by atoms with E-state index in [2.05, 4.69) is 20.3 Å².